The molecule has 0 rings (SSSR count). The van der Waals surface area contributed by atoms with Crippen molar-refractivity contribution in [2.45, 2.75) is 39.5 Å². The van der Waals surface area contributed by atoms with Crippen LogP contribution >= 0.6 is 11.6 Å². The zero-order chi connectivity index (χ0) is 9.94. The van der Waals surface area contributed by atoms with Gasteiger partial charge < -0.3 is 8.85 Å². The number of halogens is 1. The first-order chi connectivity index (χ1) is 6.35. The van der Waals surface area contributed by atoms with Gasteiger partial charge in [0, 0.05) is 13.2 Å². The molecule has 2 nitrogen and oxygen atoms in total. The third kappa shape index (κ3) is 8.75. The number of hydrogen-bond acceptors (Lipinski definition) is 2. The number of unbranched alkanes of at least 4 members (excludes halogenated alkanes) is 2. The lowest BCUT2D eigenvalue weighted by atomic mass is 10.4. The maximum absolute atomic E-state index is 5.72. The molecule has 0 saturated carbocycles. The van der Waals surface area contributed by atoms with E-state index >= 15 is 0 Å². The largest absolute Gasteiger partial charge is 0.400 e. The summed E-state index contributed by atoms with van der Waals surface area (Å²) in [5.41, 5.74) is 0.526. The van der Waals surface area contributed by atoms with Gasteiger partial charge in [0.15, 0.2) is 0 Å². The summed E-state index contributed by atoms with van der Waals surface area (Å²) >= 11 is 5.72. The van der Waals surface area contributed by atoms with Crippen LogP contribution in [0.15, 0.2) is 0 Å². The first kappa shape index (κ1) is 13.4. The zero-order valence-electron chi connectivity index (χ0n) is 8.64. The quantitative estimate of drug-likeness (QED) is 0.340. The molecule has 79 valence electrons. The van der Waals surface area contributed by atoms with Crippen LogP contribution in [0.1, 0.15) is 39.5 Å². The molecule has 0 spiro atoms. The molecule has 0 aliphatic carbocycles. The fourth-order valence-electron chi connectivity index (χ4n) is 0.780. The Balaban J connectivity index is 3.28. The summed E-state index contributed by atoms with van der Waals surface area (Å²) in [4.78, 5) is 0. The van der Waals surface area contributed by atoms with Gasteiger partial charge in [-0.1, -0.05) is 26.7 Å². The maximum atomic E-state index is 5.72. The van der Waals surface area contributed by atoms with Crippen LogP contribution in [-0.2, 0) is 8.85 Å². The van der Waals surface area contributed by atoms with Crippen LogP contribution < -0.4 is 0 Å². The highest BCUT2D eigenvalue weighted by Crippen LogP contribution is 1.98. The first-order valence-electron chi connectivity index (χ1n) is 5.02. The van der Waals surface area contributed by atoms with Gasteiger partial charge in [-0.05, 0) is 12.8 Å². The van der Waals surface area contributed by atoms with Crippen molar-refractivity contribution in [2.24, 2.45) is 0 Å². The van der Waals surface area contributed by atoms with Crippen molar-refractivity contribution < 1.29 is 8.85 Å². The summed E-state index contributed by atoms with van der Waals surface area (Å²) < 4.78 is 11.1. The van der Waals surface area contributed by atoms with E-state index in [1.54, 1.807) is 0 Å². The second-order valence-electron chi connectivity index (χ2n) is 2.91. The molecule has 0 aliphatic rings. The van der Waals surface area contributed by atoms with Gasteiger partial charge >= 0.3 is 9.28 Å². The smallest absolute Gasteiger partial charge is 0.393 e. The fourth-order valence-corrected chi connectivity index (χ4v) is 2.22. The van der Waals surface area contributed by atoms with Crippen LogP contribution in [-0.4, -0.2) is 28.0 Å². The van der Waals surface area contributed by atoms with Gasteiger partial charge in [-0.25, -0.2) is 0 Å². The standard InChI is InChI=1S/C9H20ClO2Si/c1-3-5-7-11-13(9-10)12-8-6-4-2/h3-9H2,1-2H3. The van der Waals surface area contributed by atoms with Gasteiger partial charge in [-0.2, -0.15) is 0 Å². The highest BCUT2D eigenvalue weighted by atomic mass is 35.5. The summed E-state index contributed by atoms with van der Waals surface area (Å²) in [6.45, 7) is 5.89. The van der Waals surface area contributed by atoms with E-state index in [4.69, 9.17) is 20.5 Å². The number of alkyl halides is 1. The Hall–Kier alpha value is 0.427. The van der Waals surface area contributed by atoms with E-state index in [-0.39, 0.29) is 0 Å². The van der Waals surface area contributed by atoms with Gasteiger partial charge in [0.1, 0.15) is 0 Å². The molecule has 0 aromatic rings. The second kappa shape index (κ2) is 10.5. The molecule has 1 radical (unpaired) electrons. The number of rotatable bonds is 9. The molecular weight excluding hydrogens is 204 g/mol. The van der Waals surface area contributed by atoms with E-state index in [1.807, 2.05) is 0 Å². The molecule has 0 bridgehead atoms. The third-order valence-corrected chi connectivity index (χ3v) is 3.56. The molecular formula is C9H20ClO2Si. The monoisotopic (exact) mass is 223 g/mol. The molecule has 0 unspecified atom stereocenters. The van der Waals surface area contributed by atoms with Crippen LogP contribution in [0.3, 0.4) is 0 Å². The topological polar surface area (TPSA) is 18.5 Å². The molecule has 0 amide bonds. The van der Waals surface area contributed by atoms with Crippen molar-refractivity contribution >= 4 is 20.9 Å². The molecule has 0 heterocycles. The van der Waals surface area contributed by atoms with Crippen molar-refractivity contribution in [2.75, 3.05) is 18.7 Å². The van der Waals surface area contributed by atoms with Crippen LogP contribution in [0.25, 0.3) is 0 Å². The Bertz CT molecular complexity index is 93.6. The van der Waals surface area contributed by atoms with E-state index in [0.29, 0.717) is 5.50 Å². The van der Waals surface area contributed by atoms with E-state index in [9.17, 15) is 0 Å². The summed E-state index contributed by atoms with van der Waals surface area (Å²) in [5, 5.41) is 0. The number of hydrogen-bond donors (Lipinski definition) is 0. The lowest BCUT2D eigenvalue weighted by Gasteiger charge is -2.12. The molecule has 4 heteroatoms. The average Bonchev–Trinajstić information content (AvgIpc) is 2.16. The van der Waals surface area contributed by atoms with Crippen LogP contribution in [0.4, 0.5) is 0 Å². The zero-order valence-corrected chi connectivity index (χ0v) is 10.4. The molecule has 0 aliphatic heterocycles. The van der Waals surface area contributed by atoms with Crippen molar-refractivity contribution in [1.29, 1.82) is 0 Å². The molecule has 13 heavy (non-hydrogen) atoms. The second-order valence-corrected chi connectivity index (χ2v) is 5.30. The Labute approximate surface area is 88.4 Å². The first-order valence-corrected chi connectivity index (χ1v) is 7.08. The van der Waals surface area contributed by atoms with Gasteiger partial charge in [0.2, 0.25) is 0 Å². The van der Waals surface area contributed by atoms with Crippen molar-refractivity contribution in [3.63, 3.8) is 0 Å². The van der Waals surface area contributed by atoms with E-state index in [0.717, 1.165) is 38.9 Å². The highest BCUT2D eigenvalue weighted by Gasteiger charge is 2.13. The van der Waals surface area contributed by atoms with Crippen LogP contribution in [0.2, 0.25) is 0 Å². The van der Waals surface area contributed by atoms with Crippen molar-refractivity contribution in [1.82, 2.24) is 0 Å². The van der Waals surface area contributed by atoms with Crippen molar-refractivity contribution in [3.05, 3.63) is 0 Å². The molecule has 0 saturated heterocycles. The Kier molecular flexibility index (Phi) is 10.9. The van der Waals surface area contributed by atoms with Crippen molar-refractivity contribution in [3.8, 4) is 0 Å². The predicted molar refractivity (Wildman–Crippen MR) is 58.2 cm³/mol. The molecule has 0 N–H and O–H groups in total. The van der Waals surface area contributed by atoms with E-state index in [1.165, 1.54) is 0 Å². The molecule has 0 aromatic heterocycles. The Morgan fingerprint density at radius 3 is 1.77 bits per heavy atom. The van der Waals surface area contributed by atoms with Gasteiger partial charge in [0.05, 0.1) is 5.50 Å². The average molecular weight is 224 g/mol. The third-order valence-electron chi connectivity index (χ3n) is 1.63. The van der Waals surface area contributed by atoms with E-state index < -0.39 is 9.28 Å². The van der Waals surface area contributed by atoms with Gasteiger partial charge in [-0.3, -0.25) is 0 Å². The molecule has 0 atom stereocenters. The van der Waals surface area contributed by atoms with E-state index in [2.05, 4.69) is 13.8 Å². The minimum Gasteiger partial charge on any atom is -0.393 e. The summed E-state index contributed by atoms with van der Waals surface area (Å²) in [6.07, 6.45) is 4.52. The minimum absolute atomic E-state index is 0.526. The maximum Gasteiger partial charge on any atom is 0.400 e. The molecule has 0 fully saturated rings. The molecule has 0 aromatic carbocycles. The fraction of sp³-hybridized carbons (Fsp3) is 1.00. The summed E-state index contributed by atoms with van der Waals surface area (Å²) in [7, 11) is -1.16. The summed E-state index contributed by atoms with van der Waals surface area (Å²) in [5.74, 6) is 0. The summed E-state index contributed by atoms with van der Waals surface area (Å²) in [6, 6.07) is 0. The normalized spacial score (nSPS) is 11.1. The SMILES string of the molecule is CCCCO[Si](CCl)OCCCC. The van der Waals surface area contributed by atoms with Crippen LogP contribution in [0.5, 0.6) is 0 Å². The minimum atomic E-state index is -1.16. The van der Waals surface area contributed by atoms with Gasteiger partial charge in [0.25, 0.3) is 0 Å². The lowest BCUT2D eigenvalue weighted by Crippen LogP contribution is -2.26. The van der Waals surface area contributed by atoms with Crippen LogP contribution in [0, 0.1) is 0 Å². The Morgan fingerprint density at radius 1 is 1.00 bits per heavy atom. The Morgan fingerprint density at radius 2 is 1.46 bits per heavy atom. The predicted octanol–water partition coefficient (Wildman–Crippen LogP) is 2.89. The van der Waals surface area contributed by atoms with Gasteiger partial charge in [-0.15, -0.1) is 11.6 Å². The highest BCUT2D eigenvalue weighted by molar-refractivity contribution is 6.56. The lowest BCUT2D eigenvalue weighted by molar-refractivity contribution is 0.196.